The molecule has 1 aliphatic rings. The Morgan fingerprint density at radius 1 is 0.846 bits per heavy atom. The predicted molar refractivity (Wildman–Crippen MR) is 54.0 cm³/mol. The topological polar surface area (TPSA) is 17.1 Å². The van der Waals surface area contributed by atoms with Gasteiger partial charge in [0.25, 0.3) is 0 Å². The van der Waals surface area contributed by atoms with E-state index in [1.807, 2.05) is 24.3 Å². The van der Waals surface area contributed by atoms with Gasteiger partial charge in [0.15, 0.2) is 5.43 Å². The predicted octanol–water partition coefficient (Wildman–Crippen LogP) is 2.32. The molecule has 1 aliphatic carbocycles. The lowest BCUT2D eigenvalue weighted by Gasteiger charge is -2.05. The number of fused-ring (bicyclic) bond motifs is 2. The Morgan fingerprint density at radius 3 is 1.92 bits per heavy atom. The van der Waals surface area contributed by atoms with Crippen molar-refractivity contribution >= 4 is 0 Å². The molecule has 0 atom stereocenters. The van der Waals surface area contributed by atoms with Crippen molar-refractivity contribution in [3.05, 3.63) is 45.6 Å². The molecule has 0 radical (unpaired) electrons. The van der Waals surface area contributed by atoms with E-state index in [9.17, 15) is 4.79 Å². The fraction of sp³-hybridized carbons (Fsp3) is 0.417. The summed E-state index contributed by atoms with van der Waals surface area (Å²) in [6.07, 6.45) is 5.50. The zero-order valence-electron chi connectivity index (χ0n) is 7.75. The first-order valence-corrected chi connectivity index (χ1v) is 4.99. The highest BCUT2D eigenvalue weighted by molar-refractivity contribution is 5.23. The summed E-state index contributed by atoms with van der Waals surface area (Å²) < 4.78 is 0. The van der Waals surface area contributed by atoms with Crippen molar-refractivity contribution in [3.63, 3.8) is 0 Å². The second-order valence-electron chi connectivity index (χ2n) is 3.66. The molecule has 2 bridgehead atoms. The first-order valence-electron chi connectivity index (χ1n) is 4.99. The van der Waals surface area contributed by atoms with Crippen molar-refractivity contribution in [1.82, 2.24) is 0 Å². The molecule has 0 heterocycles. The monoisotopic (exact) mass is 174 g/mol. The molecule has 0 spiro atoms. The van der Waals surface area contributed by atoms with Gasteiger partial charge >= 0.3 is 0 Å². The van der Waals surface area contributed by atoms with Crippen LogP contribution in [0.15, 0.2) is 29.1 Å². The van der Waals surface area contributed by atoms with Crippen molar-refractivity contribution in [2.24, 2.45) is 0 Å². The van der Waals surface area contributed by atoms with Gasteiger partial charge in [0.1, 0.15) is 0 Å². The standard InChI is InChI=1S/C12H14O/c13-12-10-6-2-1-3-7-11(12)9-5-4-8-10/h4-5,8-9H,1-3,6-7H2. The van der Waals surface area contributed by atoms with Gasteiger partial charge in [-0.2, -0.15) is 0 Å². The maximum Gasteiger partial charge on any atom is 0.184 e. The molecule has 1 heteroatoms. The van der Waals surface area contributed by atoms with E-state index in [0.29, 0.717) is 0 Å². The quantitative estimate of drug-likeness (QED) is 0.590. The van der Waals surface area contributed by atoms with Crippen molar-refractivity contribution in [1.29, 1.82) is 0 Å². The van der Waals surface area contributed by atoms with Crippen LogP contribution in [-0.4, -0.2) is 0 Å². The summed E-state index contributed by atoms with van der Waals surface area (Å²) in [4.78, 5) is 11.8. The van der Waals surface area contributed by atoms with Gasteiger partial charge in [-0.15, -0.1) is 0 Å². The summed E-state index contributed by atoms with van der Waals surface area (Å²) in [6, 6.07) is 7.89. The maximum atomic E-state index is 11.8. The molecule has 0 amide bonds. The molecule has 0 fully saturated rings. The summed E-state index contributed by atoms with van der Waals surface area (Å²) in [5, 5.41) is 0. The largest absolute Gasteiger partial charge is 0.289 e. The summed E-state index contributed by atoms with van der Waals surface area (Å²) in [5.74, 6) is 0. The highest BCUT2D eigenvalue weighted by atomic mass is 16.1. The van der Waals surface area contributed by atoms with E-state index >= 15 is 0 Å². The van der Waals surface area contributed by atoms with Gasteiger partial charge < -0.3 is 0 Å². The Balaban J connectivity index is 2.58. The molecule has 1 nitrogen and oxygen atoms in total. The fourth-order valence-electron chi connectivity index (χ4n) is 1.90. The van der Waals surface area contributed by atoms with Crippen LogP contribution in [0.4, 0.5) is 0 Å². The first kappa shape index (κ1) is 8.49. The van der Waals surface area contributed by atoms with Crippen molar-refractivity contribution in [2.45, 2.75) is 32.1 Å². The lowest BCUT2D eigenvalue weighted by atomic mass is 9.99. The average molecular weight is 174 g/mol. The Hall–Kier alpha value is -1.11. The minimum absolute atomic E-state index is 0.282. The molecule has 68 valence electrons. The summed E-state index contributed by atoms with van der Waals surface area (Å²) >= 11 is 0. The van der Waals surface area contributed by atoms with E-state index in [2.05, 4.69) is 0 Å². The van der Waals surface area contributed by atoms with Gasteiger partial charge in [0.05, 0.1) is 0 Å². The molecule has 2 rings (SSSR count). The molecule has 0 N–H and O–H groups in total. The second-order valence-corrected chi connectivity index (χ2v) is 3.66. The summed E-state index contributed by atoms with van der Waals surface area (Å²) in [7, 11) is 0. The zero-order valence-corrected chi connectivity index (χ0v) is 7.75. The van der Waals surface area contributed by atoms with Gasteiger partial charge in [0, 0.05) is 0 Å². The number of aryl methyl sites for hydroxylation is 2. The van der Waals surface area contributed by atoms with Crippen LogP contribution >= 0.6 is 0 Å². The molecule has 0 saturated carbocycles. The van der Waals surface area contributed by atoms with Crippen LogP contribution < -0.4 is 5.43 Å². The molecule has 1 aromatic carbocycles. The fourth-order valence-corrected chi connectivity index (χ4v) is 1.90. The van der Waals surface area contributed by atoms with Crippen LogP contribution in [0.2, 0.25) is 0 Å². The summed E-state index contributed by atoms with van der Waals surface area (Å²) in [5.41, 5.74) is 2.28. The van der Waals surface area contributed by atoms with E-state index < -0.39 is 0 Å². The van der Waals surface area contributed by atoms with Crippen molar-refractivity contribution in [3.8, 4) is 0 Å². The van der Waals surface area contributed by atoms with Crippen LogP contribution in [0.25, 0.3) is 0 Å². The van der Waals surface area contributed by atoms with Crippen LogP contribution in [-0.2, 0) is 12.8 Å². The summed E-state index contributed by atoms with van der Waals surface area (Å²) in [6.45, 7) is 0. The molecular formula is C12H14O. The van der Waals surface area contributed by atoms with Crippen LogP contribution in [0, 0.1) is 0 Å². The van der Waals surface area contributed by atoms with E-state index in [4.69, 9.17) is 0 Å². The molecule has 1 aromatic rings. The number of hydrogen-bond donors (Lipinski definition) is 0. The highest BCUT2D eigenvalue weighted by Gasteiger charge is 2.06. The molecule has 0 aliphatic heterocycles. The Morgan fingerprint density at radius 2 is 1.38 bits per heavy atom. The van der Waals surface area contributed by atoms with Gasteiger partial charge in [-0.1, -0.05) is 30.7 Å². The SMILES string of the molecule is O=c1c2ccccc1CCCCC2. The third-order valence-electron chi connectivity index (χ3n) is 2.68. The lowest BCUT2D eigenvalue weighted by Crippen LogP contribution is -2.13. The Labute approximate surface area is 78.4 Å². The molecular weight excluding hydrogens is 160 g/mol. The smallest absolute Gasteiger partial charge is 0.184 e. The van der Waals surface area contributed by atoms with E-state index in [0.717, 1.165) is 24.0 Å². The zero-order chi connectivity index (χ0) is 9.10. The first-order chi connectivity index (χ1) is 6.38. The van der Waals surface area contributed by atoms with Crippen LogP contribution in [0.5, 0.6) is 0 Å². The van der Waals surface area contributed by atoms with E-state index in [1.54, 1.807) is 0 Å². The van der Waals surface area contributed by atoms with Gasteiger partial charge in [0.2, 0.25) is 0 Å². The number of rotatable bonds is 0. The normalized spacial score (nSPS) is 16.0. The van der Waals surface area contributed by atoms with Crippen LogP contribution in [0.1, 0.15) is 30.4 Å². The third-order valence-corrected chi connectivity index (χ3v) is 2.68. The average Bonchev–Trinajstić information content (AvgIpc) is 2.32. The number of hydrogen-bond acceptors (Lipinski definition) is 1. The minimum atomic E-state index is 0.282. The van der Waals surface area contributed by atoms with Gasteiger partial charge in [-0.05, 0) is 36.8 Å². The van der Waals surface area contributed by atoms with E-state index in [1.165, 1.54) is 19.3 Å². The minimum Gasteiger partial charge on any atom is -0.289 e. The Bertz CT molecular complexity index is 323. The Kier molecular flexibility index (Phi) is 2.44. The third kappa shape index (κ3) is 1.80. The van der Waals surface area contributed by atoms with Crippen molar-refractivity contribution in [2.75, 3.05) is 0 Å². The maximum absolute atomic E-state index is 11.8. The van der Waals surface area contributed by atoms with E-state index in [-0.39, 0.29) is 5.43 Å². The lowest BCUT2D eigenvalue weighted by molar-refractivity contribution is 0.663. The molecule has 13 heavy (non-hydrogen) atoms. The molecule has 0 saturated heterocycles. The highest BCUT2D eigenvalue weighted by Crippen LogP contribution is 2.10. The molecule has 0 unspecified atom stereocenters. The van der Waals surface area contributed by atoms with Crippen molar-refractivity contribution < 1.29 is 0 Å². The van der Waals surface area contributed by atoms with Gasteiger partial charge in [-0.25, -0.2) is 0 Å². The molecule has 0 aromatic heterocycles. The van der Waals surface area contributed by atoms with Gasteiger partial charge in [-0.3, -0.25) is 4.79 Å². The second kappa shape index (κ2) is 3.73. The van der Waals surface area contributed by atoms with Crippen LogP contribution in [0.3, 0.4) is 0 Å².